The Balaban J connectivity index is 2.61. The summed E-state index contributed by atoms with van der Waals surface area (Å²) in [5.41, 5.74) is 7.61. The van der Waals surface area contributed by atoms with Crippen molar-refractivity contribution in [3.05, 3.63) is 29.0 Å². The number of hydrogen-bond donors (Lipinski definition) is 0. The molecule has 0 atom stereocenters. The van der Waals surface area contributed by atoms with Gasteiger partial charge in [-0.25, -0.2) is 4.79 Å². The smallest absolute Gasteiger partial charge is 0.417 e. The zero-order valence-electron chi connectivity index (χ0n) is 8.21. The molecule has 0 aromatic heterocycles. The Bertz CT molecular complexity index is 681. The fourth-order valence-electron chi connectivity index (χ4n) is 1.44. The average molecular weight is 252 g/mol. The molecule has 86 valence electrons. The van der Waals surface area contributed by atoms with Gasteiger partial charge in [-0.3, -0.25) is 4.79 Å². The monoisotopic (exact) mass is 252 g/mol. The molecule has 0 bridgehead atoms. The first kappa shape index (κ1) is 11.2. The highest BCUT2D eigenvalue weighted by atomic mass is 32.2. The molecule has 0 amide bonds. The van der Waals surface area contributed by atoms with Crippen molar-refractivity contribution < 1.29 is 27.5 Å². The minimum atomic E-state index is -2.45. The van der Waals surface area contributed by atoms with Crippen LogP contribution in [0.25, 0.3) is 5.53 Å². The largest absolute Gasteiger partial charge is 0.446 e. The Morgan fingerprint density at radius 1 is 1.35 bits per heavy atom. The summed E-state index contributed by atoms with van der Waals surface area (Å²) in [7, 11) is -2.45. The second-order valence-electron chi connectivity index (χ2n) is 3.20. The van der Waals surface area contributed by atoms with Crippen LogP contribution < -0.4 is 0 Å². The molecule has 7 nitrogen and oxygen atoms in total. The van der Waals surface area contributed by atoms with E-state index in [2.05, 4.69) is 4.79 Å². The van der Waals surface area contributed by atoms with Gasteiger partial charge >= 0.3 is 11.7 Å². The summed E-state index contributed by atoms with van der Waals surface area (Å²) in [6, 6.07) is 0. The van der Waals surface area contributed by atoms with Gasteiger partial charge in [0.05, 0.1) is 10.4 Å². The van der Waals surface area contributed by atoms with E-state index in [0.29, 0.717) is 0 Å². The number of ketones is 1. The molecule has 0 saturated carbocycles. The minimum Gasteiger partial charge on any atom is -0.417 e. The quantitative estimate of drug-likeness (QED) is 0.238. The molecule has 0 spiro atoms. The number of esters is 1. The van der Waals surface area contributed by atoms with Crippen molar-refractivity contribution >= 4 is 32.6 Å². The average Bonchev–Trinajstić information content (AvgIpc) is 2.29. The lowest BCUT2D eigenvalue weighted by atomic mass is 9.96. The van der Waals surface area contributed by atoms with E-state index in [1.807, 2.05) is 0 Å². The topological polar surface area (TPSA) is 114 Å². The maximum atomic E-state index is 11.7. The third kappa shape index (κ3) is 1.75. The SMILES string of the molecule is [N-]=[N+]=C1C(=O)OC2=CCC(=S(=O)=O)C=C2C1=O. The second-order valence-corrected chi connectivity index (χ2v) is 4.19. The van der Waals surface area contributed by atoms with Gasteiger partial charge < -0.3 is 10.3 Å². The van der Waals surface area contributed by atoms with Gasteiger partial charge in [0.25, 0.3) is 5.78 Å². The summed E-state index contributed by atoms with van der Waals surface area (Å²) >= 11 is 0. The predicted octanol–water partition coefficient (Wildman–Crippen LogP) is -0.951. The van der Waals surface area contributed by atoms with E-state index in [1.165, 1.54) is 6.08 Å². The summed E-state index contributed by atoms with van der Waals surface area (Å²) in [6.45, 7) is 0. The highest BCUT2D eigenvalue weighted by Gasteiger charge is 2.43. The normalized spacial score (nSPS) is 18.8. The molecule has 0 aromatic rings. The van der Waals surface area contributed by atoms with Gasteiger partial charge in [0.15, 0.2) is 0 Å². The molecular formula is C9H4N2O5S. The molecule has 2 aliphatic rings. The summed E-state index contributed by atoms with van der Waals surface area (Å²) < 4.78 is 26.2. The first-order valence-corrected chi connectivity index (χ1v) is 5.48. The number of carbonyl (C=O) groups excluding carboxylic acids is 2. The van der Waals surface area contributed by atoms with Crippen LogP contribution in [0.4, 0.5) is 0 Å². The number of fused-ring (bicyclic) bond motifs is 1. The first-order valence-electron chi connectivity index (χ1n) is 4.41. The fourth-order valence-corrected chi connectivity index (χ4v) is 1.87. The van der Waals surface area contributed by atoms with Crippen LogP contribution in [0.2, 0.25) is 0 Å². The molecular weight excluding hydrogens is 248 g/mol. The van der Waals surface area contributed by atoms with Crippen LogP contribution in [-0.4, -0.2) is 35.5 Å². The summed E-state index contributed by atoms with van der Waals surface area (Å²) in [4.78, 5) is 25.4. The number of ether oxygens (including phenoxy) is 1. The Kier molecular flexibility index (Phi) is 2.58. The number of Topliss-reactive ketones (excluding diaryl/α,β-unsaturated/α-hetero) is 1. The number of rotatable bonds is 0. The molecule has 1 saturated heterocycles. The maximum Gasteiger partial charge on any atom is 0.446 e. The van der Waals surface area contributed by atoms with Gasteiger partial charge in [-0.05, 0) is 12.2 Å². The summed E-state index contributed by atoms with van der Waals surface area (Å²) in [5.74, 6) is -1.94. The van der Waals surface area contributed by atoms with Crippen LogP contribution >= 0.6 is 0 Å². The van der Waals surface area contributed by atoms with Gasteiger partial charge in [0.1, 0.15) is 5.76 Å². The molecule has 1 aliphatic carbocycles. The van der Waals surface area contributed by atoms with Gasteiger partial charge in [-0.15, -0.1) is 0 Å². The third-order valence-corrected chi connectivity index (χ3v) is 2.94. The molecule has 2 rings (SSSR count). The van der Waals surface area contributed by atoms with Crippen molar-refractivity contribution in [1.29, 1.82) is 0 Å². The standard InChI is InChI=1S/C9H4N2O5S/c10-11-7-8(12)5-3-4(17(14)15)1-2-6(5)16-9(7)13/h2-3H,1H2. The van der Waals surface area contributed by atoms with Crippen molar-refractivity contribution in [1.82, 2.24) is 0 Å². The van der Waals surface area contributed by atoms with Gasteiger partial charge in [0.2, 0.25) is 10.3 Å². The number of nitrogens with zero attached hydrogens (tertiary/aromatic N) is 2. The van der Waals surface area contributed by atoms with E-state index in [1.54, 1.807) is 0 Å². The van der Waals surface area contributed by atoms with Crippen molar-refractivity contribution in [3.8, 4) is 0 Å². The molecule has 0 N–H and O–H groups in total. The lowest BCUT2D eigenvalue weighted by Crippen LogP contribution is -2.36. The zero-order valence-corrected chi connectivity index (χ0v) is 9.02. The fraction of sp³-hybridized carbons (Fsp3) is 0.111. The predicted molar refractivity (Wildman–Crippen MR) is 54.4 cm³/mol. The molecule has 0 radical (unpaired) electrons. The molecule has 17 heavy (non-hydrogen) atoms. The summed E-state index contributed by atoms with van der Waals surface area (Å²) in [5, 5.41) is 0. The molecule has 0 aromatic carbocycles. The van der Waals surface area contributed by atoms with E-state index in [0.717, 1.165) is 6.08 Å². The number of allylic oxidation sites excluding steroid dienone is 3. The van der Waals surface area contributed by atoms with Gasteiger partial charge in [-0.1, -0.05) is 0 Å². The van der Waals surface area contributed by atoms with Crippen LogP contribution in [0.15, 0.2) is 23.5 Å². The third-order valence-electron chi connectivity index (χ3n) is 2.23. The van der Waals surface area contributed by atoms with E-state index in [9.17, 15) is 18.0 Å². The Labute approximate surface area is 96.1 Å². The summed E-state index contributed by atoms with van der Waals surface area (Å²) in [6.07, 6.45) is 2.45. The first-order chi connectivity index (χ1) is 8.04. The van der Waals surface area contributed by atoms with E-state index in [-0.39, 0.29) is 22.6 Å². The van der Waals surface area contributed by atoms with Crippen molar-refractivity contribution in [2.45, 2.75) is 6.42 Å². The lowest BCUT2D eigenvalue weighted by Gasteiger charge is -2.16. The molecule has 1 fully saturated rings. The van der Waals surface area contributed by atoms with E-state index in [4.69, 9.17) is 10.3 Å². The van der Waals surface area contributed by atoms with Crippen molar-refractivity contribution in [2.24, 2.45) is 0 Å². The van der Waals surface area contributed by atoms with Gasteiger partial charge in [0, 0.05) is 6.42 Å². The Hall–Kier alpha value is -2.31. The Morgan fingerprint density at radius 3 is 2.65 bits per heavy atom. The molecule has 1 heterocycles. The highest BCUT2D eigenvalue weighted by molar-refractivity contribution is 7.73. The Morgan fingerprint density at radius 2 is 2.06 bits per heavy atom. The molecule has 1 aliphatic heterocycles. The number of carbonyl (C=O) groups is 2. The highest BCUT2D eigenvalue weighted by Crippen LogP contribution is 2.24. The zero-order chi connectivity index (χ0) is 12.6. The van der Waals surface area contributed by atoms with Crippen LogP contribution in [0.5, 0.6) is 0 Å². The van der Waals surface area contributed by atoms with Gasteiger partial charge in [-0.2, -0.15) is 13.2 Å². The van der Waals surface area contributed by atoms with E-state index < -0.39 is 27.8 Å². The van der Waals surface area contributed by atoms with Crippen LogP contribution in [0.3, 0.4) is 0 Å². The van der Waals surface area contributed by atoms with Crippen LogP contribution in [0, 0.1) is 0 Å². The van der Waals surface area contributed by atoms with Crippen LogP contribution in [-0.2, 0) is 24.6 Å². The van der Waals surface area contributed by atoms with E-state index >= 15 is 0 Å². The second kappa shape index (κ2) is 3.93. The van der Waals surface area contributed by atoms with Crippen LogP contribution in [0.1, 0.15) is 6.42 Å². The molecule has 0 unspecified atom stereocenters. The lowest BCUT2D eigenvalue weighted by molar-refractivity contribution is -0.140. The van der Waals surface area contributed by atoms with Crippen molar-refractivity contribution in [2.75, 3.05) is 0 Å². The maximum absolute atomic E-state index is 11.7. The van der Waals surface area contributed by atoms with Crippen molar-refractivity contribution in [3.63, 3.8) is 0 Å². The molecule has 8 heteroatoms. The number of hydrogen-bond acceptors (Lipinski definition) is 5. The minimum absolute atomic E-state index is 0.00709.